The van der Waals surface area contributed by atoms with E-state index < -0.39 is 11.6 Å². The zero-order chi connectivity index (χ0) is 13.4. The first-order valence-corrected chi connectivity index (χ1v) is 7.59. The second-order valence-corrected chi connectivity index (χ2v) is 6.24. The average molecular weight is 331 g/mol. The van der Waals surface area contributed by atoms with Gasteiger partial charge in [0, 0.05) is 29.2 Å². The van der Waals surface area contributed by atoms with E-state index in [0.29, 0.717) is 16.2 Å². The number of rotatable bonds is 2. The molecule has 19 heavy (non-hydrogen) atoms. The molecule has 2 saturated heterocycles. The Hall–Kier alpha value is -0.680. The number of nitrogens with zero attached hydrogens (tertiary/aromatic N) is 1. The van der Waals surface area contributed by atoms with Crippen molar-refractivity contribution >= 4 is 21.6 Å². The Morgan fingerprint density at radius 1 is 1.16 bits per heavy atom. The van der Waals surface area contributed by atoms with Gasteiger partial charge in [-0.1, -0.05) is 6.42 Å². The van der Waals surface area contributed by atoms with Gasteiger partial charge in [-0.15, -0.1) is 0 Å². The predicted molar refractivity (Wildman–Crippen MR) is 75.3 cm³/mol. The lowest BCUT2D eigenvalue weighted by atomic mass is 9.99. The van der Waals surface area contributed by atoms with E-state index in [-0.39, 0.29) is 6.04 Å². The largest absolute Gasteiger partial charge is 0.377 e. The molecule has 2 atom stereocenters. The lowest BCUT2D eigenvalue weighted by Crippen LogP contribution is -2.41. The molecule has 0 spiro atoms. The first-order valence-electron chi connectivity index (χ1n) is 6.80. The third kappa shape index (κ3) is 2.63. The first kappa shape index (κ1) is 13.3. The molecule has 1 N–H and O–H groups in total. The van der Waals surface area contributed by atoms with E-state index in [1.54, 1.807) is 0 Å². The maximum absolute atomic E-state index is 13.8. The summed E-state index contributed by atoms with van der Waals surface area (Å²) < 4.78 is 27.4. The molecule has 2 fully saturated rings. The zero-order valence-corrected chi connectivity index (χ0v) is 12.2. The van der Waals surface area contributed by atoms with Gasteiger partial charge in [-0.2, -0.15) is 0 Å². The summed E-state index contributed by atoms with van der Waals surface area (Å²) in [7, 11) is 0. The summed E-state index contributed by atoms with van der Waals surface area (Å²) >= 11 is 3.24. The Labute approximate surface area is 120 Å². The number of fused-ring (bicyclic) bond motifs is 1. The maximum atomic E-state index is 13.8. The summed E-state index contributed by atoms with van der Waals surface area (Å²) in [5, 5.41) is 3.27. The highest BCUT2D eigenvalue weighted by Gasteiger charge is 2.35. The van der Waals surface area contributed by atoms with Crippen molar-refractivity contribution in [2.24, 2.45) is 0 Å². The van der Waals surface area contributed by atoms with E-state index in [9.17, 15) is 8.78 Å². The minimum Gasteiger partial charge on any atom is -0.377 e. The van der Waals surface area contributed by atoms with Gasteiger partial charge < -0.3 is 5.32 Å². The highest BCUT2D eigenvalue weighted by molar-refractivity contribution is 9.10. The molecule has 0 aliphatic carbocycles. The lowest BCUT2D eigenvalue weighted by molar-refractivity contribution is 0.192. The van der Waals surface area contributed by atoms with Gasteiger partial charge in [0.15, 0.2) is 0 Å². The topological polar surface area (TPSA) is 15.3 Å². The quantitative estimate of drug-likeness (QED) is 0.888. The lowest BCUT2D eigenvalue weighted by Gasteiger charge is -2.33. The molecule has 2 nitrogen and oxygen atoms in total. The molecule has 2 heterocycles. The van der Waals surface area contributed by atoms with Crippen molar-refractivity contribution in [2.75, 3.05) is 18.4 Å². The fourth-order valence-electron chi connectivity index (χ4n) is 3.28. The molecule has 0 amide bonds. The van der Waals surface area contributed by atoms with Crippen LogP contribution in [0.2, 0.25) is 0 Å². The summed E-state index contributed by atoms with van der Waals surface area (Å²) in [5.74, 6) is -1.08. The molecule has 1 aromatic carbocycles. The molecular formula is C14H17BrF2N2. The molecule has 1 aromatic rings. The van der Waals surface area contributed by atoms with Gasteiger partial charge in [-0.25, -0.2) is 8.78 Å². The second kappa shape index (κ2) is 5.37. The van der Waals surface area contributed by atoms with Gasteiger partial charge in [0.25, 0.3) is 0 Å². The van der Waals surface area contributed by atoms with Crippen LogP contribution in [0.1, 0.15) is 25.7 Å². The Morgan fingerprint density at radius 2 is 2.00 bits per heavy atom. The van der Waals surface area contributed by atoms with Crippen LogP contribution in [0.15, 0.2) is 16.6 Å². The van der Waals surface area contributed by atoms with E-state index in [4.69, 9.17) is 0 Å². The molecule has 0 aromatic heterocycles. The SMILES string of the molecule is Fc1cc(F)c(NC2CCN3CCCCC23)c(Br)c1. The summed E-state index contributed by atoms with van der Waals surface area (Å²) in [4.78, 5) is 2.48. The van der Waals surface area contributed by atoms with Gasteiger partial charge in [0.1, 0.15) is 11.6 Å². The highest BCUT2D eigenvalue weighted by atomic mass is 79.9. The van der Waals surface area contributed by atoms with Crippen LogP contribution in [0.4, 0.5) is 14.5 Å². The highest BCUT2D eigenvalue weighted by Crippen LogP contribution is 2.33. The molecule has 104 valence electrons. The number of hydrogen-bond acceptors (Lipinski definition) is 2. The van der Waals surface area contributed by atoms with Crippen molar-refractivity contribution in [3.63, 3.8) is 0 Å². The number of halogens is 3. The molecule has 0 radical (unpaired) electrons. The van der Waals surface area contributed by atoms with Crippen LogP contribution in [0.3, 0.4) is 0 Å². The molecule has 2 aliphatic heterocycles. The van der Waals surface area contributed by atoms with Crippen LogP contribution in [0.25, 0.3) is 0 Å². The van der Waals surface area contributed by atoms with Crippen molar-refractivity contribution in [3.05, 3.63) is 28.2 Å². The Morgan fingerprint density at radius 3 is 2.79 bits per heavy atom. The molecule has 2 unspecified atom stereocenters. The summed E-state index contributed by atoms with van der Waals surface area (Å²) in [6.07, 6.45) is 4.69. The van der Waals surface area contributed by atoms with Crippen LogP contribution >= 0.6 is 15.9 Å². The van der Waals surface area contributed by atoms with Gasteiger partial charge in [-0.05, 0) is 47.8 Å². The maximum Gasteiger partial charge on any atom is 0.150 e. The first-order chi connectivity index (χ1) is 9.15. The van der Waals surface area contributed by atoms with Crippen molar-refractivity contribution in [3.8, 4) is 0 Å². The molecule has 3 rings (SSSR count). The summed E-state index contributed by atoms with van der Waals surface area (Å²) in [6, 6.07) is 2.99. The van der Waals surface area contributed by atoms with Gasteiger partial charge in [0.2, 0.25) is 0 Å². The molecule has 0 bridgehead atoms. The van der Waals surface area contributed by atoms with E-state index in [2.05, 4.69) is 26.1 Å². The molecule has 2 aliphatic rings. The van der Waals surface area contributed by atoms with Crippen molar-refractivity contribution in [2.45, 2.75) is 37.8 Å². The van der Waals surface area contributed by atoms with Gasteiger partial charge in [-0.3, -0.25) is 4.90 Å². The monoisotopic (exact) mass is 330 g/mol. The number of benzene rings is 1. The molecule has 0 saturated carbocycles. The Balaban J connectivity index is 1.78. The number of piperidine rings is 1. The van der Waals surface area contributed by atoms with Crippen LogP contribution < -0.4 is 5.32 Å². The Kier molecular flexibility index (Phi) is 3.76. The number of anilines is 1. The van der Waals surface area contributed by atoms with E-state index in [0.717, 1.165) is 32.0 Å². The van der Waals surface area contributed by atoms with Crippen LogP contribution in [0, 0.1) is 11.6 Å². The number of hydrogen-bond donors (Lipinski definition) is 1. The van der Waals surface area contributed by atoms with Gasteiger partial charge in [0.05, 0.1) is 5.69 Å². The normalized spacial score (nSPS) is 27.3. The molecule has 5 heteroatoms. The molecular weight excluding hydrogens is 314 g/mol. The third-order valence-electron chi connectivity index (χ3n) is 4.19. The predicted octanol–water partition coefficient (Wildman–Crippen LogP) is 3.77. The fourth-order valence-corrected chi connectivity index (χ4v) is 3.80. The van der Waals surface area contributed by atoms with E-state index >= 15 is 0 Å². The average Bonchev–Trinajstić information content (AvgIpc) is 2.77. The van der Waals surface area contributed by atoms with Crippen LogP contribution in [-0.4, -0.2) is 30.1 Å². The van der Waals surface area contributed by atoms with Crippen molar-refractivity contribution in [1.82, 2.24) is 4.90 Å². The zero-order valence-electron chi connectivity index (χ0n) is 10.6. The van der Waals surface area contributed by atoms with Crippen LogP contribution in [-0.2, 0) is 0 Å². The van der Waals surface area contributed by atoms with Crippen molar-refractivity contribution in [1.29, 1.82) is 0 Å². The van der Waals surface area contributed by atoms with E-state index in [1.165, 1.54) is 18.9 Å². The second-order valence-electron chi connectivity index (χ2n) is 5.38. The third-order valence-corrected chi connectivity index (χ3v) is 4.82. The standard InChI is InChI=1S/C14H17BrF2N2/c15-10-7-9(16)8-11(17)14(10)18-12-4-6-19-5-2-1-3-13(12)19/h7-8,12-13,18H,1-6H2. The fraction of sp³-hybridized carbons (Fsp3) is 0.571. The minimum absolute atomic E-state index is 0.261. The van der Waals surface area contributed by atoms with Gasteiger partial charge >= 0.3 is 0 Å². The Bertz CT molecular complexity index is 458. The smallest absolute Gasteiger partial charge is 0.150 e. The van der Waals surface area contributed by atoms with E-state index in [1.807, 2.05) is 0 Å². The van der Waals surface area contributed by atoms with Crippen LogP contribution in [0.5, 0.6) is 0 Å². The van der Waals surface area contributed by atoms with Crippen molar-refractivity contribution < 1.29 is 8.78 Å². The minimum atomic E-state index is -0.555. The number of nitrogens with one attached hydrogen (secondary N) is 1. The summed E-state index contributed by atoms with van der Waals surface area (Å²) in [5.41, 5.74) is 0.388. The summed E-state index contributed by atoms with van der Waals surface area (Å²) in [6.45, 7) is 2.22.